The predicted molar refractivity (Wildman–Crippen MR) is 61.0 cm³/mol. The van der Waals surface area contributed by atoms with Gasteiger partial charge >= 0.3 is 12.1 Å². The standard InChI is InChI=1S/C10H12N2O3.ClH/c11-8(9(13)15-10(12)14)6-7-4-2-1-3-5-7;/h1-5,8H,6,11H2,(H2,12,14);1H/t8-;/m1./s1. The smallest absolute Gasteiger partial charge is 0.375 e. The summed E-state index contributed by atoms with van der Waals surface area (Å²) in [6.45, 7) is 0. The zero-order valence-electron chi connectivity index (χ0n) is 8.46. The third-order valence-corrected chi connectivity index (χ3v) is 1.80. The van der Waals surface area contributed by atoms with Crippen molar-refractivity contribution in [2.75, 3.05) is 0 Å². The normalized spacial score (nSPS) is 11.1. The molecule has 0 radical (unpaired) electrons. The Morgan fingerprint density at radius 2 is 1.81 bits per heavy atom. The summed E-state index contributed by atoms with van der Waals surface area (Å²) in [5.41, 5.74) is 11.1. The molecule has 88 valence electrons. The average Bonchev–Trinajstić information content (AvgIpc) is 2.18. The van der Waals surface area contributed by atoms with E-state index >= 15 is 0 Å². The van der Waals surface area contributed by atoms with Gasteiger partial charge in [-0.05, 0) is 12.0 Å². The molecule has 0 aromatic heterocycles. The van der Waals surface area contributed by atoms with Crippen LogP contribution in [0.25, 0.3) is 0 Å². The average molecular weight is 245 g/mol. The summed E-state index contributed by atoms with van der Waals surface area (Å²) in [4.78, 5) is 21.4. The number of amides is 1. The van der Waals surface area contributed by atoms with Crippen LogP contribution in [-0.2, 0) is 16.0 Å². The number of rotatable bonds is 3. The van der Waals surface area contributed by atoms with Gasteiger partial charge < -0.3 is 16.2 Å². The first kappa shape index (κ1) is 14.4. The van der Waals surface area contributed by atoms with Gasteiger partial charge in [-0.1, -0.05) is 30.3 Å². The van der Waals surface area contributed by atoms with Crippen LogP contribution in [0.4, 0.5) is 4.79 Å². The fourth-order valence-electron chi connectivity index (χ4n) is 1.13. The van der Waals surface area contributed by atoms with Gasteiger partial charge in [0.2, 0.25) is 0 Å². The molecule has 4 N–H and O–H groups in total. The van der Waals surface area contributed by atoms with E-state index in [1.165, 1.54) is 0 Å². The Kier molecular flexibility index (Phi) is 6.14. The van der Waals surface area contributed by atoms with Gasteiger partial charge in [-0.15, -0.1) is 12.4 Å². The fraction of sp³-hybridized carbons (Fsp3) is 0.200. The number of primary amides is 1. The molecule has 0 aliphatic rings. The highest BCUT2D eigenvalue weighted by atomic mass is 35.5. The molecule has 0 aliphatic carbocycles. The number of carbonyl (C=O) groups excluding carboxylic acids is 2. The molecule has 0 spiro atoms. The van der Waals surface area contributed by atoms with E-state index in [0.717, 1.165) is 5.56 Å². The molecule has 0 aliphatic heterocycles. The quantitative estimate of drug-likeness (QED) is 0.601. The van der Waals surface area contributed by atoms with Gasteiger partial charge in [-0.25, -0.2) is 9.59 Å². The number of ether oxygens (including phenoxy) is 1. The van der Waals surface area contributed by atoms with Gasteiger partial charge in [0.25, 0.3) is 0 Å². The molecule has 0 saturated carbocycles. The SMILES string of the molecule is Cl.NC(=O)OC(=O)[C@H](N)Cc1ccccc1. The maximum Gasteiger partial charge on any atom is 0.412 e. The monoisotopic (exact) mass is 244 g/mol. The summed E-state index contributed by atoms with van der Waals surface area (Å²) in [5, 5.41) is 0. The van der Waals surface area contributed by atoms with Gasteiger partial charge in [0.1, 0.15) is 6.04 Å². The predicted octanol–water partition coefficient (Wildman–Crippen LogP) is 0.600. The van der Waals surface area contributed by atoms with E-state index in [-0.39, 0.29) is 12.4 Å². The second-order valence-electron chi connectivity index (χ2n) is 3.04. The van der Waals surface area contributed by atoms with Gasteiger partial charge in [0.05, 0.1) is 0 Å². The fourth-order valence-corrected chi connectivity index (χ4v) is 1.13. The molecular weight excluding hydrogens is 232 g/mol. The Balaban J connectivity index is 0.00000225. The van der Waals surface area contributed by atoms with Crippen molar-refractivity contribution in [1.29, 1.82) is 0 Å². The number of benzene rings is 1. The summed E-state index contributed by atoms with van der Waals surface area (Å²) in [5.74, 6) is -0.814. The number of carbonyl (C=O) groups is 2. The van der Waals surface area contributed by atoms with Crippen LogP contribution < -0.4 is 11.5 Å². The lowest BCUT2D eigenvalue weighted by Gasteiger charge is -2.08. The lowest BCUT2D eigenvalue weighted by molar-refractivity contribution is -0.138. The van der Waals surface area contributed by atoms with E-state index < -0.39 is 18.1 Å². The van der Waals surface area contributed by atoms with Crippen molar-refractivity contribution in [3.63, 3.8) is 0 Å². The number of hydrogen-bond acceptors (Lipinski definition) is 4. The molecule has 16 heavy (non-hydrogen) atoms. The van der Waals surface area contributed by atoms with Crippen LogP contribution >= 0.6 is 12.4 Å². The van der Waals surface area contributed by atoms with E-state index in [1.54, 1.807) is 0 Å². The second kappa shape index (κ2) is 6.81. The van der Waals surface area contributed by atoms with Crippen LogP contribution in [0.5, 0.6) is 0 Å². The van der Waals surface area contributed by atoms with Crippen molar-refractivity contribution >= 4 is 24.5 Å². The van der Waals surface area contributed by atoms with Gasteiger partial charge in [0, 0.05) is 0 Å². The lowest BCUT2D eigenvalue weighted by Crippen LogP contribution is -2.36. The minimum atomic E-state index is -1.14. The maximum absolute atomic E-state index is 11.1. The highest BCUT2D eigenvalue weighted by Gasteiger charge is 2.17. The van der Waals surface area contributed by atoms with Crippen molar-refractivity contribution in [3.05, 3.63) is 35.9 Å². The molecule has 1 rings (SSSR count). The molecule has 0 fully saturated rings. The molecule has 6 heteroatoms. The summed E-state index contributed by atoms with van der Waals surface area (Å²) in [7, 11) is 0. The van der Waals surface area contributed by atoms with E-state index in [1.807, 2.05) is 30.3 Å². The molecule has 1 aromatic rings. The van der Waals surface area contributed by atoms with Crippen LogP contribution in [-0.4, -0.2) is 18.1 Å². The van der Waals surface area contributed by atoms with Gasteiger partial charge in [-0.2, -0.15) is 0 Å². The van der Waals surface area contributed by atoms with E-state index in [9.17, 15) is 9.59 Å². The largest absolute Gasteiger partial charge is 0.412 e. The van der Waals surface area contributed by atoms with Crippen molar-refractivity contribution in [2.24, 2.45) is 11.5 Å². The summed E-state index contributed by atoms with van der Waals surface area (Å²) >= 11 is 0. The first-order valence-corrected chi connectivity index (χ1v) is 4.40. The number of nitrogens with two attached hydrogens (primary N) is 2. The van der Waals surface area contributed by atoms with Crippen LogP contribution in [0, 0.1) is 0 Å². The number of hydrogen-bond donors (Lipinski definition) is 2. The summed E-state index contributed by atoms with van der Waals surface area (Å²) < 4.78 is 4.16. The highest BCUT2D eigenvalue weighted by molar-refractivity contribution is 5.87. The van der Waals surface area contributed by atoms with Crippen molar-refractivity contribution in [3.8, 4) is 0 Å². The highest BCUT2D eigenvalue weighted by Crippen LogP contribution is 2.02. The Morgan fingerprint density at radius 1 is 1.25 bits per heavy atom. The summed E-state index contributed by atoms with van der Waals surface area (Å²) in [6.07, 6.45) is -0.823. The van der Waals surface area contributed by atoms with E-state index in [2.05, 4.69) is 10.5 Å². The molecule has 0 saturated heterocycles. The van der Waals surface area contributed by atoms with E-state index in [4.69, 9.17) is 5.73 Å². The Bertz CT molecular complexity index is 356. The minimum absolute atomic E-state index is 0. The maximum atomic E-state index is 11.1. The third kappa shape index (κ3) is 4.77. The van der Waals surface area contributed by atoms with E-state index in [0.29, 0.717) is 6.42 Å². The molecule has 1 amide bonds. The van der Waals surface area contributed by atoms with Gasteiger partial charge in [-0.3, -0.25) is 0 Å². The molecular formula is C10H13ClN2O3. The summed E-state index contributed by atoms with van der Waals surface area (Å²) in [6, 6.07) is 8.31. The van der Waals surface area contributed by atoms with Gasteiger partial charge in [0.15, 0.2) is 0 Å². The Labute approximate surface area is 99.2 Å². The van der Waals surface area contributed by atoms with Crippen LogP contribution in [0.15, 0.2) is 30.3 Å². The topological polar surface area (TPSA) is 95.4 Å². The lowest BCUT2D eigenvalue weighted by atomic mass is 10.1. The minimum Gasteiger partial charge on any atom is -0.375 e. The zero-order valence-corrected chi connectivity index (χ0v) is 9.28. The molecule has 0 unspecified atom stereocenters. The molecule has 5 nitrogen and oxygen atoms in total. The number of halogens is 1. The second-order valence-corrected chi connectivity index (χ2v) is 3.04. The van der Waals surface area contributed by atoms with Crippen LogP contribution in [0.2, 0.25) is 0 Å². The van der Waals surface area contributed by atoms with Crippen molar-refractivity contribution in [2.45, 2.75) is 12.5 Å². The first-order valence-electron chi connectivity index (χ1n) is 4.40. The Hall–Kier alpha value is -1.59. The molecule has 0 heterocycles. The zero-order chi connectivity index (χ0) is 11.3. The first-order chi connectivity index (χ1) is 7.09. The Morgan fingerprint density at radius 3 is 2.31 bits per heavy atom. The van der Waals surface area contributed by atoms with Crippen LogP contribution in [0.1, 0.15) is 5.56 Å². The third-order valence-electron chi connectivity index (χ3n) is 1.80. The molecule has 0 bridgehead atoms. The van der Waals surface area contributed by atoms with Crippen LogP contribution in [0.3, 0.4) is 0 Å². The molecule has 1 atom stereocenters. The van der Waals surface area contributed by atoms with Crippen molar-refractivity contribution < 1.29 is 14.3 Å². The van der Waals surface area contributed by atoms with Crippen molar-refractivity contribution in [1.82, 2.24) is 0 Å². The molecule has 1 aromatic carbocycles. The number of esters is 1.